The predicted molar refractivity (Wildman–Crippen MR) is 63.5 cm³/mol. The third-order valence-electron chi connectivity index (χ3n) is 2.20. The molecular weight excluding hydrogens is 216 g/mol. The fourth-order valence-corrected chi connectivity index (χ4v) is 1.37. The van der Waals surface area contributed by atoms with Gasteiger partial charge in [-0.05, 0) is 12.5 Å². The summed E-state index contributed by atoms with van der Waals surface area (Å²) in [5, 5.41) is 7.31. The van der Waals surface area contributed by atoms with Gasteiger partial charge in [0.05, 0.1) is 0 Å². The highest BCUT2D eigenvalue weighted by Gasteiger charge is 2.01. The number of nitrogens with one attached hydrogen (secondary N) is 1. The minimum Gasteiger partial charge on any atom is -0.312 e. The first-order chi connectivity index (χ1) is 8.25. The highest BCUT2D eigenvalue weighted by Crippen LogP contribution is 1.99. The minimum atomic E-state index is 0.537. The molecule has 6 nitrogen and oxygen atoms in total. The van der Waals surface area contributed by atoms with Gasteiger partial charge < -0.3 is 5.32 Å². The van der Waals surface area contributed by atoms with Gasteiger partial charge in [-0.15, -0.1) is 0 Å². The Balaban J connectivity index is 1.94. The Labute approximate surface area is 100 Å². The van der Waals surface area contributed by atoms with E-state index in [0.717, 1.165) is 18.7 Å². The topological polar surface area (TPSA) is 68.5 Å². The van der Waals surface area contributed by atoms with E-state index in [1.807, 2.05) is 0 Å². The summed E-state index contributed by atoms with van der Waals surface area (Å²) in [4.78, 5) is 12.3. The second-order valence-electron chi connectivity index (χ2n) is 4.26. The van der Waals surface area contributed by atoms with Crippen LogP contribution in [0.3, 0.4) is 0 Å². The van der Waals surface area contributed by atoms with Gasteiger partial charge in [0, 0.05) is 24.5 Å². The number of nitrogens with zero attached hydrogens (tertiary/aromatic N) is 5. The van der Waals surface area contributed by atoms with Crippen LogP contribution in [-0.4, -0.2) is 31.3 Å². The van der Waals surface area contributed by atoms with Crippen molar-refractivity contribution in [2.24, 2.45) is 5.92 Å². The highest BCUT2D eigenvalue weighted by atomic mass is 15.4. The van der Waals surface area contributed by atoms with Crippen LogP contribution >= 0.6 is 0 Å². The van der Waals surface area contributed by atoms with Crippen molar-refractivity contribution in [3.63, 3.8) is 0 Å². The SMILES string of the molecule is CC(C)CNCc1cnc(-n2cncn2)nc1. The fourth-order valence-electron chi connectivity index (χ4n) is 1.37. The van der Waals surface area contributed by atoms with E-state index >= 15 is 0 Å². The van der Waals surface area contributed by atoms with E-state index < -0.39 is 0 Å². The summed E-state index contributed by atoms with van der Waals surface area (Å²) >= 11 is 0. The molecule has 0 aliphatic heterocycles. The molecule has 17 heavy (non-hydrogen) atoms. The molecule has 0 saturated heterocycles. The van der Waals surface area contributed by atoms with Crippen molar-refractivity contribution in [1.29, 1.82) is 0 Å². The van der Waals surface area contributed by atoms with E-state index in [1.54, 1.807) is 18.7 Å². The molecule has 1 N–H and O–H groups in total. The third kappa shape index (κ3) is 3.32. The second kappa shape index (κ2) is 5.49. The van der Waals surface area contributed by atoms with Gasteiger partial charge in [-0.2, -0.15) is 9.78 Å². The van der Waals surface area contributed by atoms with Crippen LogP contribution in [0, 0.1) is 5.92 Å². The molecular formula is C11H16N6. The molecule has 0 aliphatic carbocycles. The molecule has 90 valence electrons. The first kappa shape index (κ1) is 11.7. The second-order valence-corrected chi connectivity index (χ2v) is 4.26. The average Bonchev–Trinajstić information content (AvgIpc) is 2.83. The lowest BCUT2D eigenvalue weighted by Gasteiger charge is -2.07. The van der Waals surface area contributed by atoms with E-state index in [2.05, 4.69) is 39.2 Å². The van der Waals surface area contributed by atoms with E-state index in [0.29, 0.717) is 11.9 Å². The van der Waals surface area contributed by atoms with E-state index in [1.165, 1.54) is 11.0 Å². The Morgan fingerprint density at radius 2 is 2.06 bits per heavy atom. The van der Waals surface area contributed by atoms with Crippen molar-refractivity contribution in [3.05, 3.63) is 30.6 Å². The molecule has 2 aromatic rings. The van der Waals surface area contributed by atoms with Crippen LogP contribution in [0.2, 0.25) is 0 Å². The molecule has 0 atom stereocenters. The molecule has 0 amide bonds. The van der Waals surface area contributed by atoms with Crippen LogP contribution in [0.25, 0.3) is 5.95 Å². The molecule has 2 aromatic heterocycles. The Morgan fingerprint density at radius 1 is 1.29 bits per heavy atom. The van der Waals surface area contributed by atoms with Crippen molar-refractivity contribution in [2.75, 3.05) is 6.54 Å². The molecule has 0 unspecified atom stereocenters. The molecule has 0 saturated carbocycles. The van der Waals surface area contributed by atoms with Gasteiger partial charge >= 0.3 is 0 Å². The van der Waals surface area contributed by atoms with Gasteiger partial charge in [0.15, 0.2) is 0 Å². The lowest BCUT2D eigenvalue weighted by atomic mass is 10.2. The van der Waals surface area contributed by atoms with Crippen LogP contribution in [0.5, 0.6) is 0 Å². The van der Waals surface area contributed by atoms with Crippen molar-refractivity contribution in [3.8, 4) is 5.95 Å². The molecule has 0 spiro atoms. The first-order valence-electron chi connectivity index (χ1n) is 5.62. The van der Waals surface area contributed by atoms with Gasteiger partial charge in [-0.25, -0.2) is 15.0 Å². The van der Waals surface area contributed by atoms with Gasteiger partial charge in [0.25, 0.3) is 5.95 Å². The fraction of sp³-hybridized carbons (Fsp3) is 0.455. The summed E-state index contributed by atoms with van der Waals surface area (Å²) < 4.78 is 1.53. The maximum absolute atomic E-state index is 4.23. The number of hydrogen-bond donors (Lipinski definition) is 1. The van der Waals surface area contributed by atoms with Crippen molar-refractivity contribution >= 4 is 0 Å². The van der Waals surface area contributed by atoms with E-state index in [9.17, 15) is 0 Å². The molecule has 6 heteroatoms. The van der Waals surface area contributed by atoms with Crippen LogP contribution in [0.15, 0.2) is 25.0 Å². The smallest absolute Gasteiger partial charge is 0.251 e. The Morgan fingerprint density at radius 3 is 2.65 bits per heavy atom. The van der Waals surface area contributed by atoms with Gasteiger partial charge in [-0.1, -0.05) is 13.8 Å². The number of rotatable bonds is 5. The van der Waals surface area contributed by atoms with Crippen LogP contribution < -0.4 is 5.32 Å². The monoisotopic (exact) mass is 232 g/mol. The summed E-state index contributed by atoms with van der Waals surface area (Å²) in [6.45, 7) is 6.13. The Kier molecular flexibility index (Phi) is 3.77. The number of aromatic nitrogens is 5. The van der Waals surface area contributed by atoms with Crippen molar-refractivity contribution in [2.45, 2.75) is 20.4 Å². The normalized spacial score (nSPS) is 11.0. The zero-order chi connectivity index (χ0) is 12.1. The van der Waals surface area contributed by atoms with Gasteiger partial charge in [0.2, 0.25) is 0 Å². The standard InChI is InChI=1S/C11H16N6/c1-9(2)3-12-4-10-5-14-11(15-6-10)17-8-13-7-16-17/h5-9,12H,3-4H2,1-2H3. The lowest BCUT2D eigenvalue weighted by molar-refractivity contribution is 0.551. The Bertz CT molecular complexity index is 433. The first-order valence-corrected chi connectivity index (χ1v) is 5.62. The lowest BCUT2D eigenvalue weighted by Crippen LogP contribution is -2.19. The Hall–Kier alpha value is -1.82. The van der Waals surface area contributed by atoms with Crippen LogP contribution in [0.4, 0.5) is 0 Å². The predicted octanol–water partition coefficient (Wildman–Crippen LogP) is 0.803. The van der Waals surface area contributed by atoms with E-state index in [4.69, 9.17) is 0 Å². The summed E-state index contributed by atoms with van der Waals surface area (Å²) in [5.41, 5.74) is 1.06. The summed E-state index contributed by atoms with van der Waals surface area (Å²) in [7, 11) is 0. The molecule has 0 bridgehead atoms. The molecule has 2 rings (SSSR count). The van der Waals surface area contributed by atoms with Crippen molar-refractivity contribution < 1.29 is 0 Å². The van der Waals surface area contributed by atoms with Crippen molar-refractivity contribution in [1.82, 2.24) is 30.0 Å². The molecule has 0 aromatic carbocycles. The molecule has 0 aliphatic rings. The third-order valence-corrected chi connectivity index (χ3v) is 2.20. The van der Waals surface area contributed by atoms with Gasteiger partial charge in [-0.3, -0.25) is 0 Å². The maximum atomic E-state index is 4.23. The van der Waals surface area contributed by atoms with Crippen LogP contribution in [0.1, 0.15) is 19.4 Å². The zero-order valence-corrected chi connectivity index (χ0v) is 10.0. The summed E-state index contributed by atoms with van der Waals surface area (Å²) in [6.07, 6.45) is 6.64. The molecule has 0 radical (unpaired) electrons. The van der Waals surface area contributed by atoms with Gasteiger partial charge in [0.1, 0.15) is 12.7 Å². The average molecular weight is 232 g/mol. The zero-order valence-electron chi connectivity index (χ0n) is 10.0. The largest absolute Gasteiger partial charge is 0.312 e. The summed E-state index contributed by atoms with van der Waals surface area (Å²) in [6, 6.07) is 0. The minimum absolute atomic E-state index is 0.537. The maximum Gasteiger partial charge on any atom is 0.251 e. The van der Waals surface area contributed by atoms with Crippen LogP contribution in [-0.2, 0) is 6.54 Å². The summed E-state index contributed by atoms with van der Waals surface area (Å²) in [5.74, 6) is 1.18. The highest BCUT2D eigenvalue weighted by molar-refractivity contribution is 5.12. The number of hydrogen-bond acceptors (Lipinski definition) is 5. The van der Waals surface area contributed by atoms with E-state index in [-0.39, 0.29) is 0 Å². The molecule has 0 fully saturated rings. The quantitative estimate of drug-likeness (QED) is 0.826. The molecule has 2 heterocycles.